The molecular formula is C15H19NOS. The minimum atomic E-state index is 0.406. The van der Waals surface area contributed by atoms with E-state index in [2.05, 4.69) is 41.9 Å². The summed E-state index contributed by atoms with van der Waals surface area (Å²) in [5.74, 6) is 0.912. The summed E-state index contributed by atoms with van der Waals surface area (Å²) < 4.78 is 5.18. The van der Waals surface area contributed by atoms with Gasteiger partial charge in [0.25, 0.3) is 0 Å². The van der Waals surface area contributed by atoms with Crippen molar-refractivity contribution in [1.82, 2.24) is 5.32 Å². The monoisotopic (exact) mass is 261 g/mol. The molecule has 0 fully saturated rings. The fourth-order valence-electron chi connectivity index (χ4n) is 2.01. The normalized spacial score (nSPS) is 12.3. The van der Waals surface area contributed by atoms with Crippen molar-refractivity contribution in [1.29, 1.82) is 0 Å². The van der Waals surface area contributed by atoms with Crippen LogP contribution in [0, 0.1) is 0 Å². The summed E-state index contributed by atoms with van der Waals surface area (Å²) in [7, 11) is 1.70. The second-order valence-corrected chi connectivity index (χ2v) is 5.16. The summed E-state index contributed by atoms with van der Waals surface area (Å²) in [5, 5.41) is 5.67. The van der Waals surface area contributed by atoms with Crippen LogP contribution in [0.2, 0.25) is 0 Å². The van der Waals surface area contributed by atoms with Crippen molar-refractivity contribution in [3.05, 3.63) is 52.2 Å². The number of nitrogens with one attached hydrogen (secondary N) is 1. The van der Waals surface area contributed by atoms with Gasteiger partial charge in [-0.2, -0.15) is 0 Å². The number of likely N-dealkylation sites (N-methyl/N-ethyl adjacent to an activating group) is 1. The fraction of sp³-hybridized carbons (Fsp3) is 0.333. The number of methoxy groups -OCH3 is 1. The van der Waals surface area contributed by atoms with E-state index in [4.69, 9.17) is 4.74 Å². The molecule has 18 heavy (non-hydrogen) atoms. The highest BCUT2D eigenvalue weighted by Gasteiger charge is 2.11. The number of hydrogen-bond donors (Lipinski definition) is 1. The highest BCUT2D eigenvalue weighted by atomic mass is 32.1. The summed E-state index contributed by atoms with van der Waals surface area (Å²) >= 11 is 1.81. The average Bonchev–Trinajstić information content (AvgIpc) is 2.93. The number of benzene rings is 1. The summed E-state index contributed by atoms with van der Waals surface area (Å²) in [4.78, 5) is 1.40. The molecule has 3 heteroatoms. The lowest BCUT2D eigenvalue weighted by atomic mass is 10.0. The van der Waals surface area contributed by atoms with Gasteiger partial charge in [-0.3, -0.25) is 0 Å². The highest BCUT2D eigenvalue weighted by molar-refractivity contribution is 7.10. The Morgan fingerprint density at radius 1 is 1.22 bits per heavy atom. The van der Waals surface area contributed by atoms with Crippen molar-refractivity contribution in [3.63, 3.8) is 0 Å². The lowest BCUT2D eigenvalue weighted by molar-refractivity contribution is 0.414. The first-order valence-electron chi connectivity index (χ1n) is 6.23. The van der Waals surface area contributed by atoms with E-state index < -0.39 is 0 Å². The van der Waals surface area contributed by atoms with Gasteiger partial charge < -0.3 is 10.1 Å². The summed E-state index contributed by atoms with van der Waals surface area (Å²) in [5.41, 5.74) is 1.33. The van der Waals surface area contributed by atoms with Crippen molar-refractivity contribution in [2.75, 3.05) is 13.7 Å². The molecule has 0 saturated carbocycles. The van der Waals surface area contributed by atoms with Crippen LogP contribution < -0.4 is 10.1 Å². The van der Waals surface area contributed by atoms with Gasteiger partial charge in [0.1, 0.15) is 5.75 Å². The van der Waals surface area contributed by atoms with Crippen LogP contribution in [0.5, 0.6) is 5.75 Å². The number of rotatable bonds is 6. The third-order valence-electron chi connectivity index (χ3n) is 2.94. The summed E-state index contributed by atoms with van der Waals surface area (Å²) in [6, 6.07) is 13.0. The summed E-state index contributed by atoms with van der Waals surface area (Å²) in [6.45, 7) is 3.13. The smallest absolute Gasteiger partial charge is 0.118 e. The highest BCUT2D eigenvalue weighted by Crippen LogP contribution is 2.23. The molecule has 0 aliphatic rings. The molecule has 1 heterocycles. The third kappa shape index (κ3) is 3.34. The lowest BCUT2D eigenvalue weighted by Crippen LogP contribution is -2.22. The Labute approximate surface area is 113 Å². The predicted octanol–water partition coefficient (Wildman–Crippen LogP) is 3.65. The third-order valence-corrected chi connectivity index (χ3v) is 3.92. The molecular weight excluding hydrogens is 242 g/mol. The molecule has 1 N–H and O–H groups in total. The van der Waals surface area contributed by atoms with Gasteiger partial charge in [0.05, 0.1) is 7.11 Å². The molecule has 0 aliphatic heterocycles. The SMILES string of the molecule is CCNC(Cc1ccc(OC)cc1)c1cccs1. The van der Waals surface area contributed by atoms with E-state index in [-0.39, 0.29) is 0 Å². The van der Waals surface area contributed by atoms with Gasteiger partial charge in [-0.05, 0) is 42.1 Å². The van der Waals surface area contributed by atoms with E-state index in [1.54, 1.807) is 7.11 Å². The van der Waals surface area contributed by atoms with Gasteiger partial charge >= 0.3 is 0 Å². The molecule has 2 aromatic rings. The van der Waals surface area contributed by atoms with Crippen molar-refractivity contribution in [2.45, 2.75) is 19.4 Å². The van der Waals surface area contributed by atoms with Crippen molar-refractivity contribution < 1.29 is 4.74 Å². The average molecular weight is 261 g/mol. The van der Waals surface area contributed by atoms with E-state index in [9.17, 15) is 0 Å². The van der Waals surface area contributed by atoms with Crippen LogP contribution in [0.4, 0.5) is 0 Å². The topological polar surface area (TPSA) is 21.3 Å². The van der Waals surface area contributed by atoms with Gasteiger partial charge in [-0.25, -0.2) is 0 Å². The molecule has 1 atom stereocenters. The van der Waals surface area contributed by atoms with Crippen molar-refractivity contribution in [2.24, 2.45) is 0 Å². The van der Waals surface area contributed by atoms with E-state index in [1.807, 2.05) is 23.5 Å². The van der Waals surface area contributed by atoms with Crippen LogP contribution in [0.1, 0.15) is 23.4 Å². The van der Waals surface area contributed by atoms with Gasteiger partial charge in [0, 0.05) is 10.9 Å². The molecule has 96 valence electrons. The second kappa shape index (κ2) is 6.57. The van der Waals surface area contributed by atoms with E-state index in [0.29, 0.717) is 6.04 Å². The van der Waals surface area contributed by atoms with Gasteiger partial charge in [0.2, 0.25) is 0 Å². The molecule has 2 nitrogen and oxygen atoms in total. The van der Waals surface area contributed by atoms with E-state index in [0.717, 1.165) is 18.7 Å². The predicted molar refractivity (Wildman–Crippen MR) is 77.4 cm³/mol. The Bertz CT molecular complexity index is 450. The number of hydrogen-bond acceptors (Lipinski definition) is 3. The fourth-order valence-corrected chi connectivity index (χ4v) is 2.81. The molecule has 0 spiro atoms. The van der Waals surface area contributed by atoms with Gasteiger partial charge in [-0.15, -0.1) is 11.3 Å². The molecule has 0 aliphatic carbocycles. The Hall–Kier alpha value is -1.32. The van der Waals surface area contributed by atoms with Crippen LogP contribution in [0.3, 0.4) is 0 Å². The van der Waals surface area contributed by atoms with Crippen LogP contribution in [0.25, 0.3) is 0 Å². The molecule has 0 saturated heterocycles. The van der Waals surface area contributed by atoms with Crippen LogP contribution >= 0.6 is 11.3 Å². The Balaban J connectivity index is 2.08. The zero-order valence-electron chi connectivity index (χ0n) is 10.8. The molecule has 1 aromatic heterocycles. The minimum absolute atomic E-state index is 0.406. The molecule has 1 unspecified atom stereocenters. The quantitative estimate of drug-likeness (QED) is 0.857. The standard InChI is InChI=1S/C15H19NOS/c1-3-16-14(15-5-4-10-18-15)11-12-6-8-13(17-2)9-7-12/h4-10,14,16H,3,11H2,1-2H3. The maximum absolute atomic E-state index is 5.18. The lowest BCUT2D eigenvalue weighted by Gasteiger charge is -2.16. The molecule has 0 radical (unpaired) electrons. The minimum Gasteiger partial charge on any atom is -0.497 e. The Kier molecular flexibility index (Phi) is 4.79. The number of ether oxygens (including phenoxy) is 1. The van der Waals surface area contributed by atoms with Crippen LogP contribution in [-0.2, 0) is 6.42 Å². The maximum atomic E-state index is 5.18. The largest absolute Gasteiger partial charge is 0.497 e. The zero-order valence-corrected chi connectivity index (χ0v) is 11.7. The molecule has 0 amide bonds. The first-order chi connectivity index (χ1) is 8.83. The van der Waals surface area contributed by atoms with Crippen LogP contribution in [0.15, 0.2) is 41.8 Å². The molecule has 1 aromatic carbocycles. The van der Waals surface area contributed by atoms with Crippen molar-refractivity contribution in [3.8, 4) is 5.75 Å². The van der Waals surface area contributed by atoms with E-state index in [1.165, 1.54) is 10.4 Å². The summed E-state index contributed by atoms with van der Waals surface area (Å²) in [6.07, 6.45) is 1.01. The molecule has 2 rings (SSSR count). The zero-order chi connectivity index (χ0) is 12.8. The molecule has 0 bridgehead atoms. The maximum Gasteiger partial charge on any atom is 0.118 e. The van der Waals surface area contributed by atoms with Crippen molar-refractivity contribution >= 4 is 11.3 Å². The number of thiophene rings is 1. The first kappa shape index (κ1) is 13.1. The van der Waals surface area contributed by atoms with Crippen LogP contribution in [-0.4, -0.2) is 13.7 Å². The Morgan fingerprint density at radius 3 is 2.56 bits per heavy atom. The Morgan fingerprint density at radius 2 is 2.00 bits per heavy atom. The van der Waals surface area contributed by atoms with Gasteiger partial charge in [-0.1, -0.05) is 25.1 Å². The van der Waals surface area contributed by atoms with E-state index >= 15 is 0 Å². The van der Waals surface area contributed by atoms with Gasteiger partial charge in [0.15, 0.2) is 0 Å². The second-order valence-electron chi connectivity index (χ2n) is 4.18. The first-order valence-corrected chi connectivity index (χ1v) is 7.11.